The third kappa shape index (κ3) is 4.68. The Morgan fingerprint density at radius 1 is 1.53 bits per heavy atom. The molecule has 0 saturated heterocycles. The number of carbonyl (C=O) groups is 1. The molecule has 1 amide bonds. The molecule has 1 aromatic carbocycles. The SMILES string of the molecule is Cc1cc(Br)ccc1C(=O)NC(C)CCCCl. The second-order valence-electron chi connectivity index (χ2n) is 4.16. The summed E-state index contributed by atoms with van der Waals surface area (Å²) in [6.45, 7) is 3.93. The molecule has 1 N–H and O–H groups in total. The summed E-state index contributed by atoms with van der Waals surface area (Å²) in [4.78, 5) is 12.0. The Morgan fingerprint density at radius 3 is 2.82 bits per heavy atom. The number of hydrogen-bond donors (Lipinski definition) is 1. The van der Waals surface area contributed by atoms with Gasteiger partial charge in [0.2, 0.25) is 0 Å². The van der Waals surface area contributed by atoms with Gasteiger partial charge in [-0.2, -0.15) is 0 Å². The summed E-state index contributed by atoms with van der Waals surface area (Å²) in [5.74, 6) is 0.620. The molecule has 0 radical (unpaired) electrons. The Morgan fingerprint density at radius 2 is 2.24 bits per heavy atom. The Kier molecular flexibility index (Phi) is 6.00. The summed E-state index contributed by atoms with van der Waals surface area (Å²) in [5.41, 5.74) is 1.70. The molecule has 2 nitrogen and oxygen atoms in total. The maximum atomic E-state index is 12.0. The largest absolute Gasteiger partial charge is 0.350 e. The minimum Gasteiger partial charge on any atom is -0.350 e. The second-order valence-corrected chi connectivity index (χ2v) is 5.46. The molecule has 0 bridgehead atoms. The summed E-state index contributed by atoms with van der Waals surface area (Å²) in [6, 6.07) is 5.82. The van der Waals surface area contributed by atoms with Crippen molar-refractivity contribution in [3.63, 3.8) is 0 Å². The highest BCUT2D eigenvalue weighted by molar-refractivity contribution is 9.10. The Hall–Kier alpha value is -0.540. The van der Waals surface area contributed by atoms with Crippen molar-refractivity contribution < 1.29 is 4.79 Å². The van der Waals surface area contributed by atoms with Crippen molar-refractivity contribution in [3.8, 4) is 0 Å². The zero-order valence-corrected chi connectivity index (χ0v) is 12.4. The van der Waals surface area contributed by atoms with Crippen LogP contribution in [0, 0.1) is 6.92 Å². The van der Waals surface area contributed by atoms with E-state index in [4.69, 9.17) is 11.6 Å². The third-order valence-electron chi connectivity index (χ3n) is 2.58. The van der Waals surface area contributed by atoms with E-state index in [9.17, 15) is 4.79 Å². The van der Waals surface area contributed by atoms with Gasteiger partial charge in [0, 0.05) is 22.0 Å². The van der Waals surface area contributed by atoms with Gasteiger partial charge in [-0.15, -0.1) is 11.6 Å². The molecule has 94 valence electrons. The molecule has 0 aliphatic carbocycles. The van der Waals surface area contributed by atoms with Gasteiger partial charge in [0.25, 0.3) is 5.91 Å². The van der Waals surface area contributed by atoms with E-state index in [2.05, 4.69) is 21.2 Å². The zero-order chi connectivity index (χ0) is 12.8. The van der Waals surface area contributed by atoms with E-state index in [1.807, 2.05) is 32.0 Å². The van der Waals surface area contributed by atoms with Crippen molar-refractivity contribution in [2.24, 2.45) is 0 Å². The van der Waals surface area contributed by atoms with Gasteiger partial charge in [-0.25, -0.2) is 0 Å². The first kappa shape index (κ1) is 14.5. The van der Waals surface area contributed by atoms with Crippen LogP contribution in [0.2, 0.25) is 0 Å². The molecule has 4 heteroatoms. The highest BCUT2D eigenvalue weighted by Gasteiger charge is 2.11. The number of aryl methyl sites for hydroxylation is 1. The maximum Gasteiger partial charge on any atom is 0.251 e. The van der Waals surface area contributed by atoms with Crippen LogP contribution in [0.15, 0.2) is 22.7 Å². The Balaban J connectivity index is 2.63. The topological polar surface area (TPSA) is 29.1 Å². The van der Waals surface area contributed by atoms with Crippen molar-refractivity contribution in [1.82, 2.24) is 5.32 Å². The van der Waals surface area contributed by atoms with Crippen molar-refractivity contribution in [1.29, 1.82) is 0 Å². The summed E-state index contributed by atoms with van der Waals surface area (Å²) in [7, 11) is 0. The predicted molar refractivity (Wildman–Crippen MR) is 75.8 cm³/mol. The Labute approximate surface area is 116 Å². The van der Waals surface area contributed by atoms with Gasteiger partial charge in [-0.3, -0.25) is 4.79 Å². The van der Waals surface area contributed by atoms with Crippen LogP contribution in [0.5, 0.6) is 0 Å². The van der Waals surface area contributed by atoms with Gasteiger partial charge in [0.05, 0.1) is 0 Å². The first-order valence-corrected chi connectivity index (χ1v) is 7.00. The number of nitrogens with one attached hydrogen (secondary N) is 1. The van der Waals surface area contributed by atoms with Crippen LogP contribution in [0.1, 0.15) is 35.7 Å². The van der Waals surface area contributed by atoms with E-state index in [0.29, 0.717) is 5.88 Å². The number of benzene rings is 1. The van der Waals surface area contributed by atoms with Crippen LogP contribution in [0.25, 0.3) is 0 Å². The third-order valence-corrected chi connectivity index (χ3v) is 3.34. The number of carbonyl (C=O) groups excluding carboxylic acids is 1. The smallest absolute Gasteiger partial charge is 0.251 e. The van der Waals surface area contributed by atoms with Crippen molar-refractivity contribution in [3.05, 3.63) is 33.8 Å². The van der Waals surface area contributed by atoms with Gasteiger partial charge in [0.15, 0.2) is 0 Å². The van der Waals surface area contributed by atoms with Crippen molar-refractivity contribution >= 4 is 33.4 Å². The van der Waals surface area contributed by atoms with E-state index in [1.165, 1.54) is 0 Å². The molecule has 1 rings (SSSR count). The number of rotatable bonds is 5. The van der Waals surface area contributed by atoms with E-state index < -0.39 is 0 Å². The number of amides is 1. The average molecular weight is 319 g/mol. The number of hydrogen-bond acceptors (Lipinski definition) is 1. The summed E-state index contributed by atoms with van der Waals surface area (Å²) in [5, 5.41) is 2.98. The fourth-order valence-electron chi connectivity index (χ4n) is 1.64. The molecular formula is C13H17BrClNO. The summed E-state index contributed by atoms with van der Waals surface area (Å²) >= 11 is 9.01. The van der Waals surface area contributed by atoms with Crippen LogP contribution < -0.4 is 5.32 Å². The molecule has 1 unspecified atom stereocenters. The van der Waals surface area contributed by atoms with E-state index in [1.54, 1.807) is 0 Å². The van der Waals surface area contributed by atoms with E-state index in [-0.39, 0.29) is 11.9 Å². The lowest BCUT2D eigenvalue weighted by molar-refractivity contribution is 0.0937. The standard InChI is InChI=1S/C13H17BrClNO/c1-9-8-11(14)5-6-12(9)13(17)16-10(2)4-3-7-15/h5-6,8,10H,3-4,7H2,1-2H3,(H,16,17). The lowest BCUT2D eigenvalue weighted by atomic mass is 10.1. The zero-order valence-electron chi connectivity index (χ0n) is 10.1. The molecule has 0 aromatic heterocycles. The molecule has 0 aliphatic heterocycles. The van der Waals surface area contributed by atoms with Crippen LogP contribution >= 0.6 is 27.5 Å². The first-order chi connectivity index (χ1) is 8.04. The van der Waals surface area contributed by atoms with Crippen molar-refractivity contribution in [2.45, 2.75) is 32.7 Å². The van der Waals surface area contributed by atoms with Crippen LogP contribution in [0.4, 0.5) is 0 Å². The average Bonchev–Trinajstić information content (AvgIpc) is 2.26. The van der Waals surface area contributed by atoms with Gasteiger partial charge < -0.3 is 5.32 Å². The lowest BCUT2D eigenvalue weighted by Gasteiger charge is -2.14. The highest BCUT2D eigenvalue weighted by atomic mass is 79.9. The maximum absolute atomic E-state index is 12.0. The van der Waals surface area contributed by atoms with Gasteiger partial charge in [-0.1, -0.05) is 15.9 Å². The molecule has 0 fully saturated rings. The molecule has 0 spiro atoms. The van der Waals surface area contributed by atoms with Gasteiger partial charge >= 0.3 is 0 Å². The monoisotopic (exact) mass is 317 g/mol. The fourth-order valence-corrected chi connectivity index (χ4v) is 2.27. The van der Waals surface area contributed by atoms with Crippen LogP contribution in [-0.4, -0.2) is 17.8 Å². The minimum atomic E-state index is -0.0166. The quantitative estimate of drug-likeness (QED) is 0.820. The molecular weight excluding hydrogens is 302 g/mol. The molecule has 1 atom stereocenters. The minimum absolute atomic E-state index is 0.0166. The molecule has 0 aliphatic rings. The lowest BCUT2D eigenvalue weighted by Crippen LogP contribution is -2.33. The fraction of sp³-hybridized carbons (Fsp3) is 0.462. The van der Waals surface area contributed by atoms with E-state index >= 15 is 0 Å². The normalized spacial score (nSPS) is 12.2. The second kappa shape index (κ2) is 7.02. The Bertz CT molecular complexity index is 395. The van der Waals surface area contributed by atoms with Gasteiger partial charge in [0.1, 0.15) is 0 Å². The predicted octanol–water partition coefficient (Wildman–Crippen LogP) is 3.89. The summed E-state index contributed by atoms with van der Waals surface area (Å²) < 4.78 is 0.988. The number of halogens is 2. The first-order valence-electron chi connectivity index (χ1n) is 5.67. The molecule has 1 aromatic rings. The van der Waals surface area contributed by atoms with Gasteiger partial charge in [-0.05, 0) is 50.5 Å². The van der Waals surface area contributed by atoms with Crippen molar-refractivity contribution in [2.75, 3.05) is 5.88 Å². The van der Waals surface area contributed by atoms with Crippen LogP contribution in [0.3, 0.4) is 0 Å². The molecule has 0 heterocycles. The van der Waals surface area contributed by atoms with Crippen LogP contribution in [-0.2, 0) is 0 Å². The molecule has 17 heavy (non-hydrogen) atoms. The summed E-state index contributed by atoms with van der Waals surface area (Å²) in [6.07, 6.45) is 1.83. The van der Waals surface area contributed by atoms with E-state index in [0.717, 1.165) is 28.4 Å². The highest BCUT2D eigenvalue weighted by Crippen LogP contribution is 2.16. The number of alkyl halides is 1. The molecule has 0 saturated carbocycles.